The zero-order valence-electron chi connectivity index (χ0n) is 15.6. The van der Waals surface area contributed by atoms with Gasteiger partial charge in [-0.1, -0.05) is 54.6 Å². The summed E-state index contributed by atoms with van der Waals surface area (Å²) in [4.78, 5) is 12.2. The van der Waals surface area contributed by atoms with Gasteiger partial charge in [0.2, 0.25) is 5.91 Å². The third-order valence-electron chi connectivity index (χ3n) is 4.60. The number of halogens is 6. The van der Waals surface area contributed by atoms with Crippen LogP contribution < -0.4 is 5.32 Å². The number of amides is 1. The lowest BCUT2D eigenvalue weighted by Crippen LogP contribution is -2.54. The molecule has 3 aromatic rings. The molecule has 2 N–H and O–H groups in total. The normalized spacial score (nSPS) is 13.0. The van der Waals surface area contributed by atoms with Gasteiger partial charge in [-0.25, -0.2) is 0 Å². The molecule has 0 unspecified atom stereocenters. The van der Waals surface area contributed by atoms with E-state index in [2.05, 4.69) is 0 Å². The van der Waals surface area contributed by atoms with Gasteiger partial charge in [0.25, 0.3) is 5.60 Å². The van der Waals surface area contributed by atoms with Crippen molar-refractivity contribution in [2.75, 3.05) is 5.32 Å². The van der Waals surface area contributed by atoms with Crippen LogP contribution in [0.5, 0.6) is 0 Å². The average Bonchev–Trinajstić information content (AvgIpc) is 2.70. The van der Waals surface area contributed by atoms with Crippen LogP contribution in [0, 0.1) is 0 Å². The minimum Gasteiger partial charge on any atom is -0.369 e. The van der Waals surface area contributed by atoms with Crippen LogP contribution in [0.3, 0.4) is 0 Å². The molecule has 0 bridgehead atoms. The number of anilines is 1. The number of hydrogen-bond acceptors (Lipinski definition) is 2. The van der Waals surface area contributed by atoms with Crippen molar-refractivity contribution in [2.24, 2.45) is 0 Å². The molecular formula is C22H15F6NO2. The van der Waals surface area contributed by atoms with Crippen LogP contribution >= 0.6 is 0 Å². The van der Waals surface area contributed by atoms with Crippen LogP contribution in [0.1, 0.15) is 11.1 Å². The van der Waals surface area contributed by atoms with Gasteiger partial charge >= 0.3 is 12.4 Å². The smallest absolute Gasteiger partial charge is 0.369 e. The number of alkyl halides is 6. The molecule has 31 heavy (non-hydrogen) atoms. The fraction of sp³-hybridized carbons (Fsp3) is 0.136. The summed E-state index contributed by atoms with van der Waals surface area (Å²) >= 11 is 0. The average molecular weight is 439 g/mol. The number of nitrogens with one attached hydrogen (secondary N) is 1. The highest BCUT2D eigenvalue weighted by atomic mass is 19.4. The maximum absolute atomic E-state index is 13.2. The van der Waals surface area contributed by atoms with Gasteiger partial charge in [0.15, 0.2) is 0 Å². The molecule has 0 fully saturated rings. The Morgan fingerprint density at radius 3 is 2.03 bits per heavy atom. The Bertz CT molecular complexity index is 1120. The molecule has 0 radical (unpaired) electrons. The monoisotopic (exact) mass is 439 g/mol. The summed E-state index contributed by atoms with van der Waals surface area (Å²) in [7, 11) is 0. The molecule has 0 aliphatic rings. The molecule has 3 nitrogen and oxygen atoms in total. The van der Waals surface area contributed by atoms with Gasteiger partial charge in [-0.2, -0.15) is 26.3 Å². The molecule has 1 amide bonds. The predicted octanol–water partition coefficient (Wildman–Crippen LogP) is 5.80. The Kier molecular flexibility index (Phi) is 5.82. The number of carbonyl (C=O) groups excluding carboxylic acids is 1. The molecule has 0 aliphatic heterocycles. The SMILES string of the molecule is O=C(/C=C/c1ccc2ccccc2c1)Nc1ccccc1C(O)(C(F)(F)F)C(F)(F)F. The fourth-order valence-electron chi connectivity index (χ4n) is 3.03. The van der Waals surface area contributed by atoms with Crippen molar-refractivity contribution in [1.82, 2.24) is 0 Å². The molecule has 162 valence electrons. The highest BCUT2D eigenvalue weighted by Crippen LogP contribution is 2.51. The first-order chi connectivity index (χ1) is 14.4. The lowest BCUT2D eigenvalue weighted by Gasteiger charge is -2.33. The number of para-hydroxylation sites is 1. The van der Waals surface area contributed by atoms with Crippen LogP contribution in [0.25, 0.3) is 16.8 Å². The number of hydrogen-bond donors (Lipinski definition) is 2. The van der Waals surface area contributed by atoms with E-state index in [1.165, 1.54) is 6.08 Å². The van der Waals surface area contributed by atoms with E-state index in [1.807, 2.05) is 29.6 Å². The van der Waals surface area contributed by atoms with Gasteiger partial charge in [-0.3, -0.25) is 4.79 Å². The summed E-state index contributed by atoms with van der Waals surface area (Å²) < 4.78 is 79.2. The molecule has 3 rings (SSSR count). The topological polar surface area (TPSA) is 49.3 Å². The van der Waals surface area contributed by atoms with E-state index in [0.29, 0.717) is 11.6 Å². The first-order valence-electron chi connectivity index (χ1n) is 8.87. The number of aliphatic hydroxyl groups is 1. The van der Waals surface area contributed by atoms with E-state index < -0.39 is 35.1 Å². The van der Waals surface area contributed by atoms with E-state index in [9.17, 15) is 36.2 Å². The van der Waals surface area contributed by atoms with Crippen LogP contribution in [0.4, 0.5) is 32.0 Å². The number of benzene rings is 3. The Morgan fingerprint density at radius 2 is 1.39 bits per heavy atom. The first-order valence-corrected chi connectivity index (χ1v) is 8.87. The Hall–Kier alpha value is -3.33. The largest absolute Gasteiger partial charge is 0.430 e. The second-order valence-corrected chi connectivity index (χ2v) is 6.68. The Labute approximate surface area is 172 Å². The maximum Gasteiger partial charge on any atom is 0.430 e. The summed E-state index contributed by atoms with van der Waals surface area (Å²) in [6.45, 7) is 0. The quantitative estimate of drug-likeness (QED) is 0.399. The van der Waals surface area contributed by atoms with Crippen LogP contribution in [-0.4, -0.2) is 23.4 Å². The second kappa shape index (κ2) is 8.07. The number of fused-ring (bicyclic) bond motifs is 1. The van der Waals surface area contributed by atoms with Gasteiger partial charge < -0.3 is 10.4 Å². The summed E-state index contributed by atoms with van der Waals surface area (Å²) in [5.41, 5.74) is -6.88. The third kappa shape index (κ3) is 4.41. The van der Waals surface area contributed by atoms with E-state index in [0.717, 1.165) is 35.0 Å². The molecule has 0 atom stereocenters. The third-order valence-corrected chi connectivity index (χ3v) is 4.60. The van der Waals surface area contributed by atoms with Crippen molar-refractivity contribution >= 4 is 28.4 Å². The van der Waals surface area contributed by atoms with Gasteiger partial charge in [-0.15, -0.1) is 0 Å². The minimum absolute atomic E-state index is 0.462. The molecule has 0 aromatic heterocycles. The van der Waals surface area contributed by atoms with E-state index in [-0.39, 0.29) is 0 Å². The van der Waals surface area contributed by atoms with Crippen molar-refractivity contribution in [1.29, 1.82) is 0 Å². The van der Waals surface area contributed by atoms with Crippen molar-refractivity contribution in [3.8, 4) is 0 Å². The predicted molar refractivity (Wildman–Crippen MR) is 104 cm³/mol. The maximum atomic E-state index is 13.2. The molecule has 9 heteroatoms. The lowest BCUT2D eigenvalue weighted by atomic mass is 9.90. The molecule has 0 saturated heterocycles. The van der Waals surface area contributed by atoms with Crippen LogP contribution in [0.2, 0.25) is 0 Å². The Morgan fingerprint density at radius 1 is 0.806 bits per heavy atom. The summed E-state index contributed by atoms with van der Waals surface area (Å²) in [5, 5.41) is 13.5. The minimum atomic E-state index is -6.06. The molecule has 3 aromatic carbocycles. The van der Waals surface area contributed by atoms with Gasteiger partial charge in [0, 0.05) is 17.3 Å². The van der Waals surface area contributed by atoms with Crippen molar-refractivity contribution in [2.45, 2.75) is 18.0 Å². The number of carbonyl (C=O) groups is 1. The summed E-state index contributed by atoms with van der Waals surface area (Å²) in [6, 6.07) is 16.0. The summed E-state index contributed by atoms with van der Waals surface area (Å²) in [6.07, 6.45) is -9.79. The van der Waals surface area contributed by atoms with Crippen LogP contribution in [-0.2, 0) is 10.4 Å². The Balaban J connectivity index is 1.89. The van der Waals surface area contributed by atoms with E-state index >= 15 is 0 Å². The molecule has 0 aliphatic carbocycles. The molecule has 0 heterocycles. The highest BCUT2D eigenvalue weighted by Gasteiger charge is 2.72. The van der Waals surface area contributed by atoms with E-state index in [1.54, 1.807) is 18.2 Å². The van der Waals surface area contributed by atoms with Gasteiger partial charge in [0.05, 0.1) is 0 Å². The van der Waals surface area contributed by atoms with Crippen molar-refractivity contribution < 1.29 is 36.2 Å². The van der Waals surface area contributed by atoms with Crippen molar-refractivity contribution in [3.63, 3.8) is 0 Å². The van der Waals surface area contributed by atoms with Gasteiger partial charge in [0.1, 0.15) is 0 Å². The fourth-order valence-corrected chi connectivity index (χ4v) is 3.03. The standard InChI is InChI=1S/C22H15F6NO2/c23-21(24,25)20(31,22(26,27)28)17-7-3-4-8-18(17)29-19(30)12-10-14-9-11-15-5-1-2-6-16(15)13-14/h1-13,31H,(H,29,30)/b12-10+. The van der Waals surface area contributed by atoms with Crippen molar-refractivity contribution in [3.05, 3.63) is 83.9 Å². The first kappa shape index (κ1) is 22.4. The van der Waals surface area contributed by atoms with E-state index in [4.69, 9.17) is 0 Å². The number of rotatable bonds is 4. The van der Waals surface area contributed by atoms with Crippen LogP contribution in [0.15, 0.2) is 72.8 Å². The zero-order valence-corrected chi connectivity index (χ0v) is 15.6. The molecule has 0 spiro atoms. The van der Waals surface area contributed by atoms with Gasteiger partial charge in [-0.05, 0) is 34.5 Å². The summed E-state index contributed by atoms with van der Waals surface area (Å²) in [5.74, 6) is -0.965. The zero-order chi connectivity index (χ0) is 22.9. The highest BCUT2D eigenvalue weighted by molar-refractivity contribution is 6.02. The lowest BCUT2D eigenvalue weighted by molar-refractivity contribution is -0.376. The molecular weight excluding hydrogens is 424 g/mol. The second-order valence-electron chi connectivity index (χ2n) is 6.68. The molecule has 0 saturated carbocycles.